The van der Waals surface area contributed by atoms with Crippen molar-refractivity contribution in [3.05, 3.63) is 143 Å². The highest BCUT2D eigenvalue weighted by molar-refractivity contribution is 6.34. The molecule has 2 aromatic carbocycles. The fourth-order valence-electron chi connectivity index (χ4n) is 7.93. The number of allylic oxidation sites excluding steroid dienone is 12. The first kappa shape index (κ1) is 34.3. The monoisotopic (exact) mass is 714 g/mol. The van der Waals surface area contributed by atoms with Crippen LogP contribution in [0.3, 0.4) is 0 Å². The van der Waals surface area contributed by atoms with Gasteiger partial charge in [-0.1, -0.05) is 37.1 Å². The van der Waals surface area contributed by atoms with Gasteiger partial charge in [-0.3, -0.25) is 9.80 Å². The summed E-state index contributed by atoms with van der Waals surface area (Å²) < 4.78 is 12.3. The first-order valence-electron chi connectivity index (χ1n) is 19.6. The standard InChI is InChI=1S/C46H46N6O2/c1-3-23-51(24-4-1)27-29-53-39-15-7-33(8-16-39)45-41-19-11-35(47-41)31-37-13-21-43(49-37)46(44-22-14-38(50-44)32-36-12-20-42(45)48-36)34-9-17-40(18-10-34)54-30-28-52-25-5-2-6-26-52/h7-22,31-32H,1-6,23-30H2. The lowest BCUT2D eigenvalue weighted by Gasteiger charge is -2.26. The van der Waals surface area contributed by atoms with Crippen LogP contribution in [-0.4, -0.2) is 85.1 Å². The van der Waals surface area contributed by atoms with Gasteiger partial charge in [0, 0.05) is 24.2 Å². The highest BCUT2D eigenvalue weighted by atomic mass is 16.5. The van der Waals surface area contributed by atoms with Crippen molar-refractivity contribution in [1.29, 1.82) is 0 Å². The van der Waals surface area contributed by atoms with Crippen molar-refractivity contribution in [3.8, 4) is 11.5 Å². The largest absolute Gasteiger partial charge is 0.492 e. The van der Waals surface area contributed by atoms with Crippen LogP contribution in [0.1, 0.15) is 49.7 Å². The van der Waals surface area contributed by atoms with Gasteiger partial charge in [0.25, 0.3) is 0 Å². The van der Waals surface area contributed by atoms with E-state index in [0.29, 0.717) is 13.2 Å². The van der Waals surface area contributed by atoms with Gasteiger partial charge in [-0.05, 0) is 148 Å². The molecule has 0 unspecified atom stereocenters. The van der Waals surface area contributed by atoms with Crippen LogP contribution in [0.4, 0.5) is 0 Å². The molecule has 8 bridgehead atoms. The number of likely N-dealkylation sites (tertiary alicyclic amines) is 2. The summed E-state index contributed by atoms with van der Waals surface area (Å²) in [6, 6.07) is 16.7. The molecule has 2 fully saturated rings. The van der Waals surface area contributed by atoms with E-state index in [9.17, 15) is 0 Å². The second-order valence-electron chi connectivity index (χ2n) is 14.6. The molecule has 9 rings (SSSR count). The molecule has 54 heavy (non-hydrogen) atoms. The van der Waals surface area contributed by atoms with Gasteiger partial charge < -0.3 is 9.47 Å². The molecule has 7 aliphatic heterocycles. The number of nitrogens with zero attached hydrogens (tertiary/aromatic N) is 6. The van der Waals surface area contributed by atoms with Gasteiger partial charge in [0.05, 0.1) is 45.6 Å². The van der Waals surface area contributed by atoms with Crippen LogP contribution < -0.4 is 9.47 Å². The highest BCUT2D eigenvalue weighted by Gasteiger charge is 2.22. The van der Waals surface area contributed by atoms with Crippen molar-refractivity contribution in [3.63, 3.8) is 0 Å². The Labute approximate surface area is 318 Å². The van der Waals surface area contributed by atoms with Crippen LogP contribution in [0.15, 0.2) is 152 Å². The molecule has 8 heteroatoms. The number of hydrogen-bond donors (Lipinski definition) is 0. The zero-order valence-corrected chi connectivity index (χ0v) is 30.8. The topological polar surface area (TPSA) is 74.4 Å². The van der Waals surface area contributed by atoms with Crippen molar-refractivity contribution >= 4 is 34.0 Å². The molecule has 7 heterocycles. The molecule has 2 aromatic rings. The smallest absolute Gasteiger partial charge is 0.119 e. The van der Waals surface area contributed by atoms with Crippen molar-refractivity contribution in [2.45, 2.75) is 38.5 Å². The molecule has 272 valence electrons. The SMILES string of the molecule is C1=CC2=NC1=CC1=NC(=C(c3ccc(OCCN4CCCCC4)cc3)C3=NC(=CC4=NC(=C2c2ccc(OCCN5CCCCC5)cc2)C=C4)C=C3)C=C1. The molecule has 0 aliphatic carbocycles. The predicted octanol–water partition coefficient (Wildman–Crippen LogP) is 8.36. The molecule has 2 saturated heterocycles. The van der Waals surface area contributed by atoms with Gasteiger partial charge in [-0.15, -0.1) is 0 Å². The maximum atomic E-state index is 6.15. The van der Waals surface area contributed by atoms with Gasteiger partial charge in [-0.2, -0.15) is 0 Å². The Morgan fingerprint density at radius 2 is 0.870 bits per heavy atom. The van der Waals surface area contributed by atoms with Crippen molar-refractivity contribution in [2.24, 2.45) is 20.0 Å². The molecule has 0 atom stereocenters. The van der Waals surface area contributed by atoms with Crippen LogP contribution in [0.5, 0.6) is 11.5 Å². The number of hydrogen-bond acceptors (Lipinski definition) is 8. The minimum Gasteiger partial charge on any atom is -0.492 e. The third-order valence-corrected chi connectivity index (χ3v) is 10.8. The highest BCUT2D eigenvalue weighted by Crippen LogP contribution is 2.33. The van der Waals surface area contributed by atoms with E-state index in [2.05, 4.69) is 107 Å². The second kappa shape index (κ2) is 15.9. The van der Waals surface area contributed by atoms with E-state index < -0.39 is 0 Å². The average Bonchev–Trinajstić information content (AvgIpc) is 4.05. The molecule has 0 spiro atoms. The Hall–Kier alpha value is -5.44. The van der Waals surface area contributed by atoms with E-state index in [1.807, 2.05) is 12.2 Å². The van der Waals surface area contributed by atoms with Crippen molar-refractivity contribution in [1.82, 2.24) is 9.80 Å². The lowest BCUT2D eigenvalue weighted by molar-refractivity contribution is 0.183. The molecule has 0 N–H and O–H groups in total. The maximum absolute atomic E-state index is 6.15. The van der Waals surface area contributed by atoms with Gasteiger partial charge in [0.2, 0.25) is 0 Å². The molecule has 7 aliphatic rings. The number of aliphatic imine (C=N–C) groups is 4. The molecule has 0 amide bonds. The van der Waals surface area contributed by atoms with E-state index in [-0.39, 0.29) is 0 Å². The third-order valence-electron chi connectivity index (χ3n) is 10.8. The summed E-state index contributed by atoms with van der Waals surface area (Å²) in [5.74, 6) is 1.75. The molecular formula is C46H46N6O2. The van der Waals surface area contributed by atoms with E-state index in [1.165, 1.54) is 64.7 Å². The van der Waals surface area contributed by atoms with Gasteiger partial charge in [-0.25, -0.2) is 20.0 Å². The first-order valence-corrected chi connectivity index (χ1v) is 19.6. The second-order valence-corrected chi connectivity index (χ2v) is 14.6. The summed E-state index contributed by atoms with van der Waals surface area (Å²) in [4.78, 5) is 25.3. The first-order chi connectivity index (χ1) is 26.7. The number of rotatable bonds is 10. The Morgan fingerprint density at radius 3 is 1.30 bits per heavy atom. The minimum absolute atomic E-state index is 0.692. The summed E-state index contributed by atoms with van der Waals surface area (Å²) in [7, 11) is 0. The third kappa shape index (κ3) is 7.91. The number of fused-ring (bicyclic) bond motifs is 4. The van der Waals surface area contributed by atoms with E-state index in [4.69, 9.17) is 29.4 Å². The molecular weight excluding hydrogens is 669 g/mol. The average molecular weight is 715 g/mol. The summed E-state index contributed by atoms with van der Waals surface area (Å²) in [5.41, 5.74) is 10.9. The zero-order chi connectivity index (χ0) is 36.1. The van der Waals surface area contributed by atoms with Crippen LogP contribution in [0.2, 0.25) is 0 Å². The Bertz CT molecular complexity index is 2000. The fraction of sp³-hybridized carbons (Fsp3) is 0.304. The van der Waals surface area contributed by atoms with Crippen molar-refractivity contribution in [2.75, 3.05) is 52.5 Å². The Balaban J connectivity index is 0.984. The summed E-state index contributed by atoms with van der Waals surface area (Å²) >= 11 is 0. The number of ether oxygens (including phenoxy) is 2. The van der Waals surface area contributed by atoms with Gasteiger partial charge >= 0.3 is 0 Å². The van der Waals surface area contributed by atoms with E-state index in [1.54, 1.807) is 0 Å². The van der Waals surface area contributed by atoms with Crippen LogP contribution >= 0.6 is 0 Å². The summed E-state index contributed by atoms with van der Waals surface area (Å²) in [5, 5.41) is 0. The molecule has 0 aromatic heterocycles. The van der Waals surface area contributed by atoms with Gasteiger partial charge in [0.15, 0.2) is 0 Å². The number of piperidine rings is 2. The van der Waals surface area contributed by atoms with E-state index >= 15 is 0 Å². The lowest BCUT2D eigenvalue weighted by Crippen LogP contribution is -2.33. The normalized spacial score (nSPS) is 21.0. The van der Waals surface area contributed by atoms with Crippen LogP contribution in [-0.2, 0) is 0 Å². The van der Waals surface area contributed by atoms with E-state index in [0.717, 1.165) is 92.5 Å². The maximum Gasteiger partial charge on any atom is 0.119 e. The van der Waals surface area contributed by atoms with Crippen molar-refractivity contribution < 1.29 is 9.47 Å². The van der Waals surface area contributed by atoms with Crippen LogP contribution in [0, 0.1) is 0 Å². The lowest BCUT2D eigenvalue weighted by atomic mass is 9.98. The summed E-state index contributed by atoms with van der Waals surface area (Å²) in [6.45, 7) is 8.01. The predicted molar refractivity (Wildman–Crippen MR) is 221 cm³/mol. The molecule has 0 radical (unpaired) electrons. The van der Waals surface area contributed by atoms with Crippen LogP contribution in [0.25, 0.3) is 11.1 Å². The zero-order valence-electron chi connectivity index (χ0n) is 30.8. The molecule has 8 nitrogen and oxygen atoms in total. The Morgan fingerprint density at radius 1 is 0.444 bits per heavy atom. The quantitative estimate of drug-likeness (QED) is 0.248. The van der Waals surface area contributed by atoms with Gasteiger partial charge in [0.1, 0.15) is 24.7 Å². The fourth-order valence-corrected chi connectivity index (χ4v) is 7.93. The Kier molecular flexibility index (Phi) is 10.1. The summed E-state index contributed by atoms with van der Waals surface area (Å²) in [6.07, 6.45) is 28.4. The minimum atomic E-state index is 0.692. The number of benzene rings is 2. The molecule has 0 saturated carbocycles.